The zero-order chi connectivity index (χ0) is 9.42. The van der Waals surface area contributed by atoms with E-state index in [1.807, 2.05) is 4.67 Å². The van der Waals surface area contributed by atoms with Gasteiger partial charge in [0.15, 0.2) is 0 Å². The number of amidine groups is 1. The van der Waals surface area contributed by atoms with Crippen LogP contribution in [0.1, 0.15) is 13.8 Å². The summed E-state index contributed by atoms with van der Waals surface area (Å²) >= 11 is 0. The van der Waals surface area contributed by atoms with Gasteiger partial charge in [-0.05, 0) is 15.3 Å². The van der Waals surface area contributed by atoms with Gasteiger partial charge in [0.2, 0.25) is 0 Å². The van der Waals surface area contributed by atoms with E-state index in [1.165, 1.54) is 0 Å². The maximum atomic E-state index is 4.38. The molecule has 0 aromatic heterocycles. The first-order valence-corrected chi connectivity index (χ1v) is 4.88. The highest BCUT2D eigenvalue weighted by Crippen LogP contribution is 2.23. The smallest absolute Gasteiger partial charge is 0.141 e. The van der Waals surface area contributed by atoms with Gasteiger partial charge in [0.25, 0.3) is 0 Å². The summed E-state index contributed by atoms with van der Waals surface area (Å²) in [5, 5.41) is 0. The summed E-state index contributed by atoms with van der Waals surface area (Å²) in [6.07, 6.45) is 3.43. The van der Waals surface area contributed by atoms with Crippen LogP contribution in [0, 0.1) is 5.92 Å². The van der Waals surface area contributed by atoms with Crippen molar-refractivity contribution in [3.05, 3.63) is 0 Å². The van der Waals surface area contributed by atoms with Gasteiger partial charge in [0.05, 0.1) is 12.4 Å². The highest BCUT2D eigenvalue weighted by molar-refractivity contribution is 7.16. The number of fused-ring (bicyclic) bond motifs is 1. The van der Waals surface area contributed by atoms with Crippen molar-refractivity contribution in [2.24, 2.45) is 20.9 Å². The SMILES string of the molecule is CC(C)C1N=CN=C2C1N=CN2P. The molecule has 3 unspecified atom stereocenters. The minimum atomic E-state index is 0.127. The van der Waals surface area contributed by atoms with Gasteiger partial charge >= 0.3 is 0 Å². The van der Waals surface area contributed by atoms with Gasteiger partial charge in [-0.3, -0.25) is 9.98 Å². The molecule has 70 valence electrons. The van der Waals surface area contributed by atoms with Crippen molar-refractivity contribution in [1.29, 1.82) is 0 Å². The van der Waals surface area contributed by atoms with Gasteiger partial charge in [-0.1, -0.05) is 13.8 Å². The summed E-state index contributed by atoms with van der Waals surface area (Å²) in [5.41, 5.74) is 0. The third kappa shape index (κ3) is 1.39. The van der Waals surface area contributed by atoms with E-state index in [0.717, 1.165) is 5.84 Å². The fourth-order valence-corrected chi connectivity index (χ4v) is 1.89. The lowest BCUT2D eigenvalue weighted by atomic mass is 9.96. The molecule has 0 aliphatic carbocycles. The number of hydrogen-bond donors (Lipinski definition) is 0. The van der Waals surface area contributed by atoms with Crippen LogP contribution in [0.2, 0.25) is 0 Å². The van der Waals surface area contributed by atoms with Crippen molar-refractivity contribution in [3.8, 4) is 0 Å². The first kappa shape index (κ1) is 8.82. The Hall–Kier alpha value is -0.760. The number of hydrogen-bond acceptors (Lipinski definition) is 4. The number of rotatable bonds is 1. The Bertz CT molecular complexity index is 295. The lowest BCUT2D eigenvalue weighted by molar-refractivity contribution is 0.469. The molecule has 5 heteroatoms. The third-order valence-corrected chi connectivity index (χ3v) is 2.71. The molecular formula is C8H13N4P. The van der Waals surface area contributed by atoms with Gasteiger partial charge in [-0.25, -0.2) is 4.99 Å². The van der Waals surface area contributed by atoms with Crippen LogP contribution in [0.3, 0.4) is 0 Å². The van der Waals surface area contributed by atoms with Crippen molar-refractivity contribution >= 4 is 27.9 Å². The van der Waals surface area contributed by atoms with Crippen LogP contribution < -0.4 is 0 Å². The molecule has 2 aliphatic rings. The van der Waals surface area contributed by atoms with E-state index in [4.69, 9.17) is 0 Å². The lowest BCUT2D eigenvalue weighted by Gasteiger charge is -2.25. The summed E-state index contributed by atoms with van der Waals surface area (Å²) in [6.45, 7) is 4.32. The van der Waals surface area contributed by atoms with Gasteiger partial charge in [0, 0.05) is 0 Å². The molecule has 0 amide bonds. The molecule has 0 aromatic carbocycles. The maximum absolute atomic E-state index is 4.38. The van der Waals surface area contributed by atoms with Crippen molar-refractivity contribution in [3.63, 3.8) is 0 Å². The predicted octanol–water partition coefficient (Wildman–Crippen LogP) is 0.954. The zero-order valence-corrected chi connectivity index (χ0v) is 8.91. The molecule has 4 nitrogen and oxygen atoms in total. The summed E-state index contributed by atoms with van der Waals surface area (Å²) in [6, 6.07) is 0.372. The molecule has 0 spiro atoms. The van der Waals surface area contributed by atoms with Crippen LogP contribution in [0.5, 0.6) is 0 Å². The second-order valence-corrected chi connectivity index (χ2v) is 4.16. The van der Waals surface area contributed by atoms with Gasteiger partial charge in [-0.15, -0.1) is 0 Å². The Labute approximate surface area is 80.1 Å². The lowest BCUT2D eigenvalue weighted by Crippen LogP contribution is -2.38. The molecule has 2 heterocycles. The standard InChI is InChI=1S/C8H13N4P/c1-5(2)6-7-8(10-3-9-6)12(13)4-11-7/h3-7H,13H2,1-2H3. The van der Waals surface area contributed by atoms with Crippen LogP contribution in [-0.2, 0) is 0 Å². The van der Waals surface area contributed by atoms with Crippen molar-refractivity contribution < 1.29 is 0 Å². The van der Waals surface area contributed by atoms with Crippen LogP contribution in [0.15, 0.2) is 15.0 Å². The topological polar surface area (TPSA) is 40.3 Å². The first-order chi connectivity index (χ1) is 6.20. The van der Waals surface area contributed by atoms with E-state index in [9.17, 15) is 0 Å². The van der Waals surface area contributed by atoms with Crippen LogP contribution >= 0.6 is 9.39 Å². The molecule has 13 heavy (non-hydrogen) atoms. The fourth-order valence-electron chi connectivity index (χ4n) is 1.59. The van der Waals surface area contributed by atoms with Crippen LogP contribution in [0.4, 0.5) is 0 Å². The quantitative estimate of drug-likeness (QED) is 0.576. The van der Waals surface area contributed by atoms with Crippen molar-refractivity contribution in [2.75, 3.05) is 0 Å². The predicted molar refractivity (Wildman–Crippen MR) is 58.4 cm³/mol. The molecule has 0 fully saturated rings. The fraction of sp³-hybridized carbons (Fsp3) is 0.625. The average Bonchev–Trinajstić information content (AvgIpc) is 2.48. The zero-order valence-electron chi connectivity index (χ0n) is 7.75. The molecule has 0 saturated heterocycles. The van der Waals surface area contributed by atoms with E-state index in [1.54, 1.807) is 12.7 Å². The Morgan fingerprint density at radius 2 is 2.23 bits per heavy atom. The first-order valence-electron chi connectivity index (χ1n) is 4.36. The molecule has 2 aliphatic heterocycles. The Morgan fingerprint density at radius 1 is 1.46 bits per heavy atom. The molecule has 0 radical (unpaired) electrons. The van der Waals surface area contributed by atoms with Crippen LogP contribution in [-0.4, -0.2) is 35.3 Å². The maximum Gasteiger partial charge on any atom is 0.141 e. The van der Waals surface area contributed by atoms with E-state index < -0.39 is 0 Å². The second kappa shape index (κ2) is 3.18. The van der Waals surface area contributed by atoms with Gasteiger partial charge in [0.1, 0.15) is 18.2 Å². The highest BCUT2D eigenvalue weighted by Gasteiger charge is 2.34. The number of aliphatic imine (C=N–C) groups is 3. The van der Waals surface area contributed by atoms with E-state index in [-0.39, 0.29) is 12.1 Å². The largest absolute Gasteiger partial charge is 0.303 e. The molecule has 0 saturated carbocycles. The molecule has 2 rings (SSSR count). The third-order valence-electron chi connectivity index (χ3n) is 2.32. The van der Waals surface area contributed by atoms with E-state index >= 15 is 0 Å². The Balaban J connectivity index is 2.26. The molecule has 0 N–H and O–H groups in total. The van der Waals surface area contributed by atoms with Crippen LogP contribution in [0.25, 0.3) is 0 Å². The summed E-state index contributed by atoms with van der Waals surface area (Å²) in [4.78, 5) is 12.9. The minimum absolute atomic E-state index is 0.127. The molecular weight excluding hydrogens is 183 g/mol. The summed E-state index contributed by atoms with van der Waals surface area (Å²) < 4.78 is 1.88. The van der Waals surface area contributed by atoms with Gasteiger partial charge < -0.3 is 4.67 Å². The highest BCUT2D eigenvalue weighted by atomic mass is 31.0. The second-order valence-electron chi connectivity index (χ2n) is 3.60. The average molecular weight is 196 g/mol. The Morgan fingerprint density at radius 3 is 2.92 bits per heavy atom. The monoisotopic (exact) mass is 196 g/mol. The van der Waals surface area contributed by atoms with Gasteiger partial charge in [-0.2, -0.15) is 0 Å². The van der Waals surface area contributed by atoms with Crippen molar-refractivity contribution in [2.45, 2.75) is 25.9 Å². The number of nitrogens with zero attached hydrogens (tertiary/aromatic N) is 4. The molecule has 3 atom stereocenters. The summed E-state index contributed by atoms with van der Waals surface area (Å²) in [5.74, 6) is 1.49. The van der Waals surface area contributed by atoms with E-state index in [0.29, 0.717) is 5.92 Å². The molecule has 0 bridgehead atoms. The van der Waals surface area contributed by atoms with Crippen molar-refractivity contribution in [1.82, 2.24) is 4.67 Å². The Kier molecular flexibility index (Phi) is 2.16. The summed E-state index contributed by atoms with van der Waals surface area (Å²) in [7, 11) is 2.58. The minimum Gasteiger partial charge on any atom is -0.303 e. The van der Waals surface area contributed by atoms with E-state index in [2.05, 4.69) is 38.2 Å². The normalized spacial score (nSPS) is 31.1. The molecule has 0 aromatic rings.